The van der Waals surface area contributed by atoms with Gasteiger partial charge in [0.15, 0.2) is 5.96 Å². The van der Waals surface area contributed by atoms with Gasteiger partial charge in [-0.25, -0.2) is 0 Å². The molecule has 1 fully saturated rings. The van der Waals surface area contributed by atoms with E-state index in [0.717, 1.165) is 31.7 Å². The van der Waals surface area contributed by atoms with E-state index in [-0.39, 0.29) is 36.4 Å². The van der Waals surface area contributed by atoms with Crippen LogP contribution in [-0.2, 0) is 11.2 Å². The fourth-order valence-electron chi connectivity index (χ4n) is 3.85. The molecule has 0 aliphatic carbocycles. The maximum atomic E-state index is 12.5. The smallest absolute Gasteiger partial charge is 0.241 e. The van der Waals surface area contributed by atoms with Crippen molar-refractivity contribution in [1.29, 1.82) is 0 Å². The zero-order valence-corrected chi connectivity index (χ0v) is 21.4. The van der Waals surface area contributed by atoms with Crippen molar-refractivity contribution in [1.82, 2.24) is 25.4 Å². The monoisotopic (exact) mass is 550 g/mol. The van der Waals surface area contributed by atoms with Crippen LogP contribution in [0.5, 0.6) is 0 Å². The first-order chi connectivity index (χ1) is 15.2. The lowest BCUT2D eigenvalue weighted by Gasteiger charge is -2.29. The van der Waals surface area contributed by atoms with Crippen LogP contribution in [0, 0.1) is 0 Å². The molecule has 0 radical (unpaired) electrons. The Bertz CT molecular complexity index is 827. The third kappa shape index (κ3) is 8.05. The third-order valence-corrected chi connectivity index (χ3v) is 5.71. The molecule has 0 saturated carbocycles. The van der Waals surface area contributed by atoms with Crippen molar-refractivity contribution in [2.75, 3.05) is 46.8 Å². The van der Waals surface area contributed by atoms with Gasteiger partial charge in [-0.3, -0.25) is 19.7 Å². The molecule has 1 atom stereocenters. The first-order valence-electron chi connectivity index (χ1n) is 11.0. The number of pyridine rings is 1. The Morgan fingerprint density at radius 2 is 1.84 bits per heavy atom. The average Bonchev–Trinajstić information content (AvgIpc) is 3.35. The fourth-order valence-corrected chi connectivity index (χ4v) is 3.85. The van der Waals surface area contributed by atoms with Crippen molar-refractivity contribution in [2.24, 2.45) is 4.99 Å². The highest BCUT2D eigenvalue weighted by molar-refractivity contribution is 14.0. The molecule has 3 rings (SSSR count). The average molecular weight is 550 g/mol. The fraction of sp³-hybridized carbons (Fsp3) is 0.458. The summed E-state index contributed by atoms with van der Waals surface area (Å²) in [5, 5.41) is 6.57. The van der Waals surface area contributed by atoms with Gasteiger partial charge in [0.25, 0.3) is 0 Å². The van der Waals surface area contributed by atoms with E-state index >= 15 is 0 Å². The summed E-state index contributed by atoms with van der Waals surface area (Å²) < 4.78 is 0. The second kappa shape index (κ2) is 14.1. The van der Waals surface area contributed by atoms with Gasteiger partial charge in [0.2, 0.25) is 5.91 Å². The van der Waals surface area contributed by atoms with Crippen molar-refractivity contribution in [3.63, 3.8) is 0 Å². The molecular formula is C24H35IN6O. The van der Waals surface area contributed by atoms with Crippen molar-refractivity contribution in [2.45, 2.75) is 25.3 Å². The Labute approximate surface area is 208 Å². The number of hydrogen-bond acceptors (Lipinski definition) is 4. The highest BCUT2D eigenvalue weighted by Gasteiger charge is 2.23. The number of guanidine groups is 1. The largest absolute Gasteiger partial charge is 0.354 e. The number of amides is 1. The van der Waals surface area contributed by atoms with Crippen LogP contribution < -0.4 is 10.6 Å². The first-order valence-corrected chi connectivity index (χ1v) is 11.0. The highest BCUT2D eigenvalue weighted by atomic mass is 127. The van der Waals surface area contributed by atoms with Crippen LogP contribution in [-0.4, -0.2) is 73.5 Å². The molecule has 174 valence electrons. The lowest BCUT2D eigenvalue weighted by Crippen LogP contribution is -2.46. The minimum atomic E-state index is 0. The Balaban J connectivity index is 0.00000363. The van der Waals surface area contributed by atoms with Crippen LogP contribution in [0.2, 0.25) is 0 Å². The molecular weight excluding hydrogens is 515 g/mol. The SMILES string of the molecule is CN=C(NCC(=O)N(C)CCc1ccccn1)NCC(c1ccccc1)N1CCCC1.I. The minimum Gasteiger partial charge on any atom is -0.354 e. The molecule has 1 unspecified atom stereocenters. The molecule has 1 saturated heterocycles. The Hall–Kier alpha value is -2.20. The van der Waals surface area contributed by atoms with E-state index in [4.69, 9.17) is 0 Å². The van der Waals surface area contributed by atoms with E-state index in [1.165, 1.54) is 18.4 Å². The van der Waals surface area contributed by atoms with Crippen LogP contribution in [0.15, 0.2) is 59.7 Å². The number of aromatic nitrogens is 1. The van der Waals surface area contributed by atoms with E-state index in [9.17, 15) is 4.79 Å². The molecule has 2 heterocycles. The highest BCUT2D eigenvalue weighted by Crippen LogP contribution is 2.24. The number of benzene rings is 1. The normalized spacial score (nSPS) is 15.0. The molecule has 2 aromatic rings. The third-order valence-electron chi connectivity index (χ3n) is 5.71. The number of halogens is 1. The van der Waals surface area contributed by atoms with E-state index in [2.05, 4.69) is 55.8 Å². The zero-order chi connectivity index (χ0) is 21.9. The summed E-state index contributed by atoms with van der Waals surface area (Å²) in [5.74, 6) is 0.671. The van der Waals surface area contributed by atoms with E-state index < -0.39 is 0 Å². The zero-order valence-electron chi connectivity index (χ0n) is 19.0. The molecule has 1 amide bonds. The Morgan fingerprint density at radius 3 is 2.50 bits per heavy atom. The Morgan fingerprint density at radius 1 is 1.12 bits per heavy atom. The topological polar surface area (TPSA) is 72.9 Å². The molecule has 32 heavy (non-hydrogen) atoms. The van der Waals surface area contributed by atoms with Crippen LogP contribution >= 0.6 is 24.0 Å². The van der Waals surface area contributed by atoms with Gasteiger partial charge in [-0.05, 0) is 43.6 Å². The van der Waals surface area contributed by atoms with Gasteiger partial charge in [0.1, 0.15) is 0 Å². The number of hydrogen-bond donors (Lipinski definition) is 2. The molecule has 0 bridgehead atoms. The summed E-state index contributed by atoms with van der Waals surface area (Å²) in [6, 6.07) is 16.7. The van der Waals surface area contributed by atoms with Crippen LogP contribution in [0.25, 0.3) is 0 Å². The molecule has 8 heteroatoms. The van der Waals surface area contributed by atoms with Crippen molar-refractivity contribution in [3.8, 4) is 0 Å². The number of nitrogens with zero attached hydrogens (tertiary/aromatic N) is 4. The van der Waals surface area contributed by atoms with Crippen LogP contribution in [0.3, 0.4) is 0 Å². The summed E-state index contributed by atoms with van der Waals surface area (Å²) in [4.78, 5) is 25.4. The quantitative estimate of drug-likeness (QED) is 0.286. The van der Waals surface area contributed by atoms with E-state index in [1.807, 2.05) is 25.2 Å². The van der Waals surface area contributed by atoms with Crippen molar-refractivity contribution >= 4 is 35.8 Å². The molecule has 1 aromatic carbocycles. The standard InChI is InChI=1S/C24H34N6O.HI/c1-25-24(28-19-23(31)29(2)17-13-21-12-6-7-14-26-21)27-18-22(30-15-8-9-16-30)20-10-4-3-5-11-20;/h3-7,10-12,14,22H,8-9,13,15-19H2,1-2H3,(H2,25,27,28);1H. The van der Waals surface area contributed by atoms with Gasteiger partial charge in [-0.15, -0.1) is 24.0 Å². The van der Waals surface area contributed by atoms with Crippen LogP contribution in [0.4, 0.5) is 0 Å². The number of aliphatic imine (C=N–C) groups is 1. The number of nitrogens with one attached hydrogen (secondary N) is 2. The predicted molar refractivity (Wildman–Crippen MR) is 140 cm³/mol. The summed E-state index contributed by atoms with van der Waals surface area (Å²) in [6.45, 7) is 3.82. The van der Waals surface area contributed by atoms with Gasteiger partial charge < -0.3 is 15.5 Å². The minimum absolute atomic E-state index is 0. The van der Waals surface area contributed by atoms with Crippen molar-refractivity contribution < 1.29 is 4.79 Å². The summed E-state index contributed by atoms with van der Waals surface area (Å²) in [7, 11) is 3.56. The maximum Gasteiger partial charge on any atom is 0.241 e. The van der Waals surface area contributed by atoms with Gasteiger partial charge >= 0.3 is 0 Å². The van der Waals surface area contributed by atoms with Gasteiger partial charge in [-0.2, -0.15) is 0 Å². The summed E-state index contributed by atoms with van der Waals surface area (Å²) >= 11 is 0. The maximum absolute atomic E-state index is 12.5. The predicted octanol–water partition coefficient (Wildman–Crippen LogP) is 2.70. The summed E-state index contributed by atoms with van der Waals surface area (Å²) in [5.41, 5.74) is 2.29. The number of carbonyl (C=O) groups excluding carboxylic acids is 1. The molecule has 1 aromatic heterocycles. The van der Waals surface area contributed by atoms with E-state index in [1.54, 1.807) is 18.1 Å². The van der Waals surface area contributed by atoms with Crippen molar-refractivity contribution in [3.05, 3.63) is 66.0 Å². The number of rotatable bonds is 9. The number of likely N-dealkylation sites (tertiary alicyclic amines) is 1. The molecule has 0 spiro atoms. The number of carbonyl (C=O) groups is 1. The Kier molecular flexibility index (Phi) is 11.4. The van der Waals surface area contributed by atoms with Gasteiger partial charge in [-0.1, -0.05) is 36.4 Å². The molecule has 1 aliphatic rings. The number of likely N-dealkylation sites (N-methyl/N-ethyl adjacent to an activating group) is 1. The molecule has 1 aliphatic heterocycles. The van der Waals surface area contributed by atoms with Gasteiger partial charge in [0.05, 0.1) is 12.6 Å². The van der Waals surface area contributed by atoms with E-state index in [0.29, 0.717) is 18.5 Å². The van der Waals surface area contributed by atoms with Crippen LogP contribution in [0.1, 0.15) is 30.1 Å². The molecule has 7 nitrogen and oxygen atoms in total. The second-order valence-corrected chi connectivity index (χ2v) is 7.86. The first kappa shape index (κ1) is 26.1. The lowest BCUT2D eigenvalue weighted by molar-refractivity contribution is -0.128. The summed E-state index contributed by atoms with van der Waals surface area (Å²) in [6.07, 6.45) is 5.01. The second-order valence-electron chi connectivity index (χ2n) is 7.86. The molecule has 2 N–H and O–H groups in total. The lowest BCUT2D eigenvalue weighted by atomic mass is 10.1. The van der Waals surface area contributed by atoms with Gasteiger partial charge in [0, 0.05) is 45.5 Å².